The van der Waals surface area contributed by atoms with Gasteiger partial charge in [0, 0.05) is 31.7 Å². The zero-order chi connectivity index (χ0) is 21.0. The first-order valence-electron chi connectivity index (χ1n) is 10.3. The van der Waals surface area contributed by atoms with Crippen molar-refractivity contribution in [2.45, 2.75) is 44.3 Å². The largest absolute Gasteiger partial charge is 0.408 e. The summed E-state index contributed by atoms with van der Waals surface area (Å²) in [5, 5.41) is 0. The molecular formula is C20H23F3N6O. The summed E-state index contributed by atoms with van der Waals surface area (Å²) in [7, 11) is 0. The lowest BCUT2D eigenvalue weighted by Crippen LogP contribution is -2.53. The molecule has 10 heteroatoms. The number of likely N-dealkylation sites (tertiary alicyclic amines) is 2. The highest BCUT2D eigenvalue weighted by Crippen LogP contribution is 2.36. The monoisotopic (exact) mass is 420 g/mol. The van der Waals surface area contributed by atoms with Crippen LogP contribution in [0.25, 0.3) is 16.7 Å². The topological polar surface area (TPSA) is 69.5 Å². The Morgan fingerprint density at radius 2 is 2.00 bits per heavy atom. The first-order valence-corrected chi connectivity index (χ1v) is 10.3. The number of halogens is 3. The fraction of sp³-hybridized carbons (Fsp3) is 0.550. The lowest BCUT2D eigenvalue weighted by molar-refractivity contribution is -0.170. The quantitative estimate of drug-likeness (QED) is 0.651. The van der Waals surface area contributed by atoms with E-state index in [0.717, 1.165) is 33.8 Å². The molecule has 3 aromatic rings. The summed E-state index contributed by atoms with van der Waals surface area (Å²) in [6.07, 6.45) is 2.00. The van der Waals surface area contributed by atoms with Crippen LogP contribution in [0.15, 0.2) is 24.7 Å². The van der Waals surface area contributed by atoms with Crippen LogP contribution in [-0.2, 0) is 0 Å². The second kappa shape index (κ2) is 6.88. The van der Waals surface area contributed by atoms with Crippen LogP contribution < -0.4 is 0 Å². The number of nitrogens with one attached hydrogen (secondary N) is 1. The van der Waals surface area contributed by atoms with Gasteiger partial charge in [-0.05, 0) is 31.2 Å². The van der Waals surface area contributed by atoms with E-state index in [1.165, 1.54) is 0 Å². The number of aromatic amines is 1. The van der Waals surface area contributed by atoms with Gasteiger partial charge in [-0.25, -0.2) is 14.8 Å². The van der Waals surface area contributed by atoms with Crippen molar-refractivity contribution in [2.24, 2.45) is 5.92 Å². The molecule has 2 amide bonds. The minimum atomic E-state index is -4.39. The molecule has 5 rings (SSSR count). The van der Waals surface area contributed by atoms with Crippen molar-refractivity contribution in [1.29, 1.82) is 0 Å². The second-order valence-corrected chi connectivity index (χ2v) is 8.34. The van der Waals surface area contributed by atoms with Gasteiger partial charge in [0.05, 0.1) is 23.4 Å². The van der Waals surface area contributed by atoms with E-state index in [4.69, 9.17) is 0 Å². The Bertz CT molecular complexity index is 1090. The third kappa shape index (κ3) is 3.00. The predicted octanol–water partition coefficient (Wildman–Crippen LogP) is 3.78. The average molecular weight is 420 g/mol. The minimum absolute atomic E-state index is 0.0215. The van der Waals surface area contributed by atoms with E-state index in [1.54, 1.807) is 17.3 Å². The normalized spacial score (nSPS) is 25.5. The average Bonchev–Trinajstić information content (AvgIpc) is 3.44. The molecule has 2 saturated heterocycles. The van der Waals surface area contributed by atoms with Gasteiger partial charge in [-0.1, -0.05) is 6.92 Å². The smallest absolute Gasteiger partial charge is 0.345 e. The molecular weight excluding hydrogens is 397 g/mol. The first kappa shape index (κ1) is 19.2. The number of imidazole rings is 1. The van der Waals surface area contributed by atoms with E-state index < -0.39 is 18.2 Å². The van der Waals surface area contributed by atoms with Crippen molar-refractivity contribution >= 4 is 22.7 Å². The minimum Gasteiger partial charge on any atom is -0.345 e. The first-order chi connectivity index (χ1) is 14.3. The van der Waals surface area contributed by atoms with E-state index in [2.05, 4.69) is 21.9 Å². The molecule has 5 heterocycles. The fourth-order valence-electron chi connectivity index (χ4n) is 4.86. The van der Waals surface area contributed by atoms with Gasteiger partial charge in [0.25, 0.3) is 0 Å². The van der Waals surface area contributed by atoms with Gasteiger partial charge < -0.3 is 14.8 Å². The lowest BCUT2D eigenvalue weighted by atomic mass is 9.86. The molecule has 3 atom stereocenters. The standard InChI is InChI=1S/C20H23F3N6O/c1-12-5-8-27(19(30)28-7-2-3-16(28)20(21,22)23)11-14(12)18-26-10-13-9-25-17-15(29(13)18)4-6-24-17/h4,6,9-10,12,14,16,24H,2-3,5,7-8,11H2,1H3. The van der Waals surface area contributed by atoms with E-state index in [1.807, 2.05) is 16.7 Å². The highest BCUT2D eigenvalue weighted by molar-refractivity contribution is 5.76. The molecule has 30 heavy (non-hydrogen) atoms. The number of carbonyl (C=O) groups is 1. The molecule has 0 bridgehead atoms. The van der Waals surface area contributed by atoms with Crippen LogP contribution in [0.5, 0.6) is 0 Å². The number of amides is 2. The van der Waals surface area contributed by atoms with Gasteiger partial charge in [-0.2, -0.15) is 13.2 Å². The SMILES string of the molecule is CC1CCN(C(=O)N2CCCC2C(F)(F)F)CC1c1ncc2cnc3[nH]ccc3n12. The third-order valence-corrected chi connectivity index (χ3v) is 6.52. The number of hydrogen-bond donors (Lipinski definition) is 1. The Morgan fingerprint density at radius 1 is 1.20 bits per heavy atom. The van der Waals surface area contributed by atoms with Gasteiger partial charge in [0.1, 0.15) is 11.9 Å². The van der Waals surface area contributed by atoms with Crippen molar-refractivity contribution in [2.75, 3.05) is 19.6 Å². The van der Waals surface area contributed by atoms with E-state index in [9.17, 15) is 18.0 Å². The Balaban J connectivity index is 1.45. The highest BCUT2D eigenvalue weighted by Gasteiger charge is 2.49. The molecule has 0 aliphatic carbocycles. The molecule has 0 aromatic carbocycles. The Morgan fingerprint density at radius 3 is 2.80 bits per heavy atom. The molecule has 0 radical (unpaired) electrons. The molecule has 7 nitrogen and oxygen atoms in total. The molecule has 0 spiro atoms. The zero-order valence-corrected chi connectivity index (χ0v) is 16.6. The van der Waals surface area contributed by atoms with Gasteiger partial charge in [0.15, 0.2) is 5.65 Å². The number of carbonyl (C=O) groups excluding carboxylic acids is 1. The van der Waals surface area contributed by atoms with Gasteiger partial charge in [-0.3, -0.25) is 4.40 Å². The zero-order valence-electron chi connectivity index (χ0n) is 16.6. The molecule has 3 unspecified atom stereocenters. The number of hydrogen-bond acceptors (Lipinski definition) is 3. The predicted molar refractivity (Wildman–Crippen MR) is 104 cm³/mol. The van der Waals surface area contributed by atoms with Crippen molar-refractivity contribution in [3.05, 3.63) is 30.5 Å². The van der Waals surface area contributed by atoms with Crippen molar-refractivity contribution < 1.29 is 18.0 Å². The maximum Gasteiger partial charge on any atom is 0.408 e. The van der Waals surface area contributed by atoms with Crippen LogP contribution in [0.2, 0.25) is 0 Å². The number of aromatic nitrogens is 4. The number of urea groups is 1. The summed E-state index contributed by atoms with van der Waals surface area (Å²) in [6, 6.07) is -0.267. The summed E-state index contributed by atoms with van der Waals surface area (Å²) in [5.41, 5.74) is 2.49. The summed E-state index contributed by atoms with van der Waals surface area (Å²) in [5.74, 6) is 0.993. The van der Waals surface area contributed by atoms with Crippen LogP contribution in [0, 0.1) is 5.92 Å². The number of alkyl halides is 3. The lowest BCUT2D eigenvalue weighted by Gasteiger charge is -2.39. The van der Waals surface area contributed by atoms with E-state index in [-0.39, 0.29) is 24.8 Å². The number of nitrogens with zero attached hydrogens (tertiary/aromatic N) is 5. The molecule has 3 aromatic heterocycles. The van der Waals surface area contributed by atoms with Crippen molar-refractivity contribution in [1.82, 2.24) is 29.2 Å². The third-order valence-electron chi connectivity index (χ3n) is 6.52. The molecule has 2 aliphatic rings. The van der Waals surface area contributed by atoms with Gasteiger partial charge in [0.2, 0.25) is 0 Å². The summed E-state index contributed by atoms with van der Waals surface area (Å²) in [4.78, 5) is 27.7. The van der Waals surface area contributed by atoms with Crippen molar-refractivity contribution in [3.8, 4) is 0 Å². The van der Waals surface area contributed by atoms with Gasteiger partial charge in [-0.15, -0.1) is 0 Å². The number of fused-ring (bicyclic) bond motifs is 3. The van der Waals surface area contributed by atoms with Crippen LogP contribution >= 0.6 is 0 Å². The summed E-state index contributed by atoms with van der Waals surface area (Å²) < 4.78 is 42.1. The van der Waals surface area contributed by atoms with E-state index >= 15 is 0 Å². The number of rotatable bonds is 1. The molecule has 0 saturated carbocycles. The van der Waals surface area contributed by atoms with Crippen molar-refractivity contribution in [3.63, 3.8) is 0 Å². The maximum atomic E-state index is 13.4. The molecule has 2 aliphatic heterocycles. The van der Waals surface area contributed by atoms with Crippen LogP contribution in [-0.4, -0.2) is 67.0 Å². The molecule has 2 fully saturated rings. The number of H-pyrrole nitrogens is 1. The fourth-order valence-corrected chi connectivity index (χ4v) is 4.86. The highest BCUT2D eigenvalue weighted by atomic mass is 19.4. The summed E-state index contributed by atoms with van der Waals surface area (Å²) in [6.45, 7) is 3.08. The number of piperidine rings is 1. The van der Waals surface area contributed by atoms with Crippen LogP contribution in [0.3, 0.4) is 0 Å². The van der Waals surface area contributed by atoms with Crippen LogP contribution in [0.1, 0.15) is 37.9 Å². The second-order valence-electron chi connectivity index (χ2n) is 8.34. The van der Waals surface area contributed by atoms with Crippen LogP contribution in [0.4, 0.5) is 18.0 Å². The maximum absolute atomic E-state index is 13.4. The Kier molecular flexibility index (Phi) is 4.41. The van der Waals surface area contributed by atoms with Gasteiger partial charge >= 0.3 is 12.2 Å². The molecule has 160 valence electrons. The summed E-state index contributed by atoms with van der Waals surface area (Å²) >= 11 is 0. The Hall–Kier alpha value is -2.78. The Labute approximate surface area is 170 Å². The molecule has 1 N–H and O–H groups in total. The van der Waals surface area contributed by atoms with E-state index in [0.29, 0.717) is 19.5 Å².